The molecule has 0 aliphatic carbocycles. The fourth-order valence-corrected chi connectivity index (χ4v) is 1.84. The third-order valence-corrected chi connectivity index (χ3v) is 2.73. The van der Waals surface area contributed by atoms with Crippen molar-refractivity contribution in [2.45, 2.75) is 12.8 Å². The Hall–Kier alpha value is -1.48. The van der Waals surface area contributed by atoms with Crippen molar-refractivity contribution in [1.82, 2.24) is 5.32 Å². The lowest BCUT2D eigenvalue weighted by atomic mass is 10.1. The molecule has 86 valence electrons. The first-order chi connectivity index (χ1) is 7.85. The van der Waals surface area contributed by atoms with Crippen LogP contribution in [0.25, 0.3) is 11.0 Å². The van der Waals surface area contributed by atoms with Crippen molar-refractivity contribution in [3.63, 3.8) is 0 Å². The highest BCUT2D eigenvalue weighted by atomic mass is 16.5. The Balaban J connectivity index is 2.24. The number of methoxy groups -OCH3 is 1. The summed E-state index contributed by atoms with van der Waals surface area (Å²) in [5.41, 5.74) is 2.18. The largest absolute Gasteiger partial charge is 0.497 e. The van der Waals surface area contributed by atoms with Crippen molar-refractivity contribution in [2.24, 2.45) is 0 Å². The van der Waals surface area contributed by atoms with E-state index in [0.29, 0.717) is 0 Å². The van der Waals surface area contributed by atoms with Crippen molar-refractivity contribution < 1.29 is 9.15 Å². The molecule has 0 unspecified atom stereocenters. The molecule has 2 rings (SSSR count). The summed E-state index contributed by atoms with van der Waals surface area (Å²) >= 11 is 0. The molecule has 3 nitrogen and oxygen atoms in total. The predicted octanol–water partition coefficient (Wildman–Crippen LogP) is 2.59. The van der Waals surface area contributed by atoms with Gasteiger partial charge in [0.05, 0.1) is 13.4 Å². The maximum Gasteiger partial charge on any atom is 0.134 e. The summed E-state index contributed by atoms with van der Waals surface area (Å²) in [4.78, 5) is 0. The third-order valence-electron chi connectivity index (χ3n) is 2.73. The first kappa shape index (κ1) is 11.0. The number of nitrogens with one attached hydrogen (secondary N) is 1. The lowest BCUT2D eigenvalue weighted by Crippen LogP contribution is -2.08. The minimum absolute atomic E-state index is 0.878. The van der Waals surface area contributed by atoms with Crippen molar-refractivity contribution in [2.75, 3.05) is 20.7 Å². The smallest absolute Gasteiger partial charge is 0.134 e. The fourth-order valence-electron chi connectivity index (χ4n) is 1.84. The highest BCUT2D eigenvalue weighted by Gasteiger charge is 2.06. The van der Waals surface area contributed by atoms with Gasteiger partial charge in [0.15, 0.2) is 0 Å². The highest BCUT2D eigenvalue weighted by Crippen LogP contribution is 2.26. The van der Waals surface area contributed by atoms with Gasteiger partial charge >= 0.3 is 0 Å². The number of aryl methyl sites for hydroxylation is 1. The Morgan fingerprint density at radius 3 is 3.00 bits per heavy atom. The molecule has 3 heteroatoms. The number of fused-ring (bicyclic) bond motifs is 1. The van der Waals surface area contributed by atoms with Gasteiger partial charge in [-0.25, -0.2) is 0 Å². The predicted molar refractivity (Wildman–Crippen MR) is 65.0 cm³/mol. The van der Waals surface area contributed by atoms with Gasteiger partial charge in [-0.1, -0.05) is 0 Å². The summed E-state index contributed by atoms with van der Waals surface area (Å²) in [6.07, 6.45) is 3.99. The van der Waals surface area contributed by atoms with Crippen LogP contribution in [0.4, 0.5) is 0 Å². The van der Waals surface area contributed by atoms with Gasteiger partial charge in [-0.15, -0.1) is 0 Å². The summed E-state index contributed by atoms with van der Waals surface area (Å²) in [6, 6.07) is 5.91. The molecular formula is C13H17NO2. The topological polar surface area (TPSA) is 34.4 Å². The molecule has 1 aromatic carbocycles. The van der Waals surface area contributed by atoms with E-state index in [2.05, 4.69) is 5.32 Å². The summed E-state index contributed by atoms with van der Waals surface area (Å²) in [5.74, 6) is 0.878. The van der Waals surface area contributed by atoms with Crippen LogP contribution in [0.1, 0.15) is 12.0 Å². The molecule has 0 aliphatic rings. The van der Waals surface area contributed by atoms with Crippen LogP contribution in [0.2, 0.25) is 0 Å². The molecule has 1 N–H and O–H groups in total. The van der Waals surface area contributed by atoms with Crippen LogP contribution in [0.15, 0.2) is 28.9 Å². The van der Waals surface area contributed by atoms with Gasteiger partial charge in [-0.2, -0.15) is 0 Å². The maximum atomic E-state index is 5.50. The van der Waals surface area contributed by atoms with Crippen molar-refractivity contribution in [3.05, 3.63) is 30.0 Å². The van der Waals surface area contributed by atoms with Crippen LogP contribution in [-0.2, 0) is 6.42 Å². The molecule has 0 saturated carbocycles. The Bertz CT molecular complexity index is 462. The maximum absolute atomic E-state index is 5.50. The van der Waals surface area contributed by atoms with E-state index in [1.807, 2.05) is 31.5 Å². The summed E-state index contributed by atoms with van der Waals surface area (Å²) in [5, 5.41) is 4.31. The summed E-state index contributed by atoms with van der Waals surface area (Å²) < 4.78 is 10.7. The molecule has 2 aromatic rings. The Morgan fingerprint density at radius 1 is 1.38 bits per heavy atom. The van der Waals surface area contributed by atoms with Gasteiger partial charge in [0.2, 0.25) is 0 Å². The van der Waals surface area contributed by atoms with Gasteiger partial charge in [0, 0.05) is 5.39 Å². The zero-order valence-corrected chi connectivity index (χ0v) is 9.75. The molecule has 0 atom stereocenters. The second-order valence-corrected chi connectivity index (χ2v) is 3.83. The SMILES string of the molecule is CNCCCc1coc2ccc(OC)cc12. The van der Waals surface area contributed by atoms with E-state index in [1.54, 1.807) is 7.11 Å². The van der Waals surface area contributed by atoms with Crippen LogP contribution < -0.4 is 10.1 Å². The van der Waals surface area contributed by atoms with Gasteiger partial charge in [0.25, 0.3) is 0 Å². The monoisotopic (exact) mass is 219 g/mol. The van der Waals surface area contributed by atoms with E-state index in [-0.39, 0.29) is 0 Å². The highest BCUT2D eigenvalue weighted by molar-refractivity contribution is 5.82. The molecule has 0 amide bonds. The molecule has 1 heterocycles. The summed E-state index contributed by atoms with van der Waals surface area (Å²) in [6.45, 7) is 1.02. The Morgan fingerprint density at radius 2 is 2.25 bits per heavy atom. The van der Waals surface area contributed by atoms with Crippen molar-refractivity contribution in [3.8, 4) is 5.75 Å². The fraction of sp³-hybridized carbons (Fsp3) is 0.385. The lowest BCUT2D eigenvalue weighted by molar-refractivity contribution is 0.415. The van der Waals surface area contributed by atoms with Gasteiger partial charge in [-0.3, -0.25) is 0 Å². The van der Waals surface area contributed by atoms with Crippen LogP contribution in [0.3, 0.4) is 0 Å². The van der Waals surface area contributed by atoms with E-state index >= 15 is 0 Å². The molecular weight excluding hydrogens is 202 g/mol. The average Bonchev–Trinajstić information content (AvgIpc) is 2.72. The van der Waals surface area contributed by atoms with E-state index in [0.717, 1.165) is 36.1 Å². The Kier molecular flexibility index (Phi) is 3.47. The molecule has 1 aromatic heterocycles. The van der Waals surface area contributed by atoms with Gasteiger partial charge in [-0.05, 0) is 50.2 Å². The van der Waals surface area contributed by atoms with Crippen molar-refractivity contribution >= 4 is 11.0 Å². The van der Waals surface area contributed by atoms with E-state index < -0.39 is 0 Å². The van der Waals surface area contributed by atoms with Crippen LogP contribution in [-0.4, -0.2) is 20.7 Å². The Labute approximate surface area is 95.4 Å². The zero-order valence-electron chi connectivity index (χ0n) is 9.75. The van der Waals surface area contributed by atoms with Crippen LogP contribution in [0.5, 0.6) is 5.75 Å². The van der Waals surface area contributed by atoms with Crippen molar-refractivity contribution in [1.29, 1.82) is 0 Å². The molecule has 16 heavy (non-hydrogen) atoms. The van der Waals surface area contributed by atoms with Crippen LogP contribution in [0, 0.1) is 0 Å². The first-order valence-electron chi connectivity index (χ1n) is 5.54. The standard InChI is InChI=1S/C13H17NO2/c1-14-7-3-4-10-9-16-13-6-5-11(15-2)8-12(10)13/h5-6,8-9,14H,3-4,7H2,1-2H3. The molecule has 0 bridgehead atoms. The number of furan rings is 1. The molecule has 0 aliphatic heterocycles. The van der Waals surface area contributed by atoms with E-state index in [4.69, 9.17) is 9.15 Å². The molecule has 0 radical (unpaired) electrons. The molecule has 0 spiro atoms. The quantitative estimate of drug-likeness (QED) is 0.785. The average molecular weight is 219 g/mol. The molecule has 0 fully saturated rings. The zero-order chi connectivity index (χ0) is 11.4. The second kappa shape index (κ2) is 5.03. The first-order valence-corrected chi connectivity index (χ1v) is 5.54. The van der Waals surface area contributed by atoms with E-state index in [1.165, 1.54) is 5.56 Å². The number of hydrogen-bond acceptors (Lipinski definition) is 3. The summed E-state index contributed by atoms with van der Waals surface area (Å²) in [7, 11) is 3.65. The minimum Gasteiger partial charge on any atom is -0.497 e. The van der Waals surface area contributed by atoms with Crippen LogP contribution >= 0.6 is 0 Å². The van der Waals surface area contributed by atoms with E-state index in [9.17, 15) is 0 Å². The van der Waals surface area contributed by atoms with Gasteiger partial charge < -0.3 is 14.5 Å². The normalized spacial score (nSPS) is 10.9. The van der Waals surface area contributed by atoms with Gasteiger partial charge in [0.1, 0.15) is 11.3 Å². The number of rotatable bonds is 5. The number of ether oxygens (including phenoxy) is 1. The number of benzene rings is 1. The molecule has 0 saturated heterocycles. The lowest BCUT2D eigenvalue weighted by Gasteiger charge is -2.01. The third kappa shape index (κ3) is 2.19. The minimum atomic E-state index is 0.878. The number of hydrogen-bond donors (Lipinski definition) is 1. The second-order valence-electron chi connectivity index (χ2n) is 3.83.